The topological polar surface area (TPSA) is 71.5 Å². The third kappa shape index (κ3) is 3.94. The molecule has 27 heavy (non-hydrogen) atoms. The smallest absolute Gasteiger partial charge is 0.261 e. The van der Waals surface area contributed by atoms with Gasteiger partial charge in [0.2, 0.25) is 5.91 Å². The fraction of sp³-hybridized carbons (Fsp3) is 0.381. The van der Waals surface area contributed by atoms with Gasteiger partial charge in [-0.05, 0) is 48.9 Å². The average Bonchev–Trinajstić information content (AvgIpc) is 2.72. The molecule has 0 radical (unpaired) electrons. The van der Waals surface area contributed by atoms with Crippen molar-refractivity contribution in [3.05, 3.63) is 53.9 Å². The van der Waals surface area contributed by atoms with Crippen molar-refractivity contribution in [1.82, 2.24) is 9.88 Å². The molecule has 1 saturated heterocycles. The number of ether oxygens (including phenoxy) is 1. The number of nitrogens with zero attached hydrogens (tertiary/aromatic N) is 2. The molecule has 1 atom stereocenters. The van der Waals surface area contributed by atoms with Gasteiger partial charge in [0.15, 0.2) is 6.61 Å². The van der Waals surface area contributed by atoms with E-state index < -0.39 is 0 Å². The van der Waals surface area contributed by atoms with E-state index in [0.29, 0.717) is 12.2 Å². The van der Waals surface area contributed by atoms with E-state index in [1.165, 1.54) is 0 Å². The van der Waals surface area contributed by atoms with Crippen molar-refractivity contribution < 1.29 is 14.3 Å². The normalized spacial score (nSPS) is 19.2. The summed E-state index contributed by atoms with van der Waals surface area (Å²) in [6.45, 7) is 0.728. The predicted molar refractivity (Wildman–Crippen MR) is 101 cm³/mol. The van der Waals surface area contributed by atoms with E-state index in [-0.39, 0.29) is 24.5 Å². The number of benzene rings is 1. The maximum absolute atomic E-state index is 12.8. The molecular formula is C21H23N3O3. The van der Waals surface area contributed by atoms with Crippen LogP contribution in [0.3, 0.4) is 0 Å². The van der Waals surface area contributed by atoms with Gasteiger partial charge in [0.1, 0.15) is 5.75 Å². The number of rotatable bonds is 4. The van der Waals surface area contributed by atoms with Gasteiger partial charge < -0.3 is 15.0 Å². The lowest BCUT2D eigenvalue weighted by molar-refractivity contribution is -0.137. The van der Waals surface area contributed by atoms with Crippen LogP contribution in [-0.4, -0.2) is 34.8 Å². The lowest BCUT2D eigenvalue weighted by atomic mass is 9.96. The lowest BCUT2D eigenvalue weighted by Crippen LogP contribution is -2.41. The summed E-state index contributed by atoms with van der Waals surface area (Å²) < 4.78 is 5.75. The molecule has 1 aromatic heterocycles. The average molecular weight is 365 g/mol. The van der Waals surface area contributed by atoms with Crippen molar-refractivity contribution >= 4 is 17.5 Å². The second-order valence-electron chi connectivity index (χ2n) is 7.04. The molecule has 0 bridgehead atoms. The molecule has 0 spiro atoms. The van der Waals surface area contributed by atoms with Gasteiger partial charge in [-0.15, -0.1) is 0 Å². The van der Waals surface area contributed by atoms with E-state index in [9.17, 15) is 9.59 Å². The zero-order chi connectivity index (χ0) is 18.6. The lowest BCUT2D eigenvalue weighted by Gasteiger charge is -2.35. The number of likely N-dealkylation sites (tertiary alicyclic amines) is 1. The summed E-state index contributed by atoms with van der Waals surface area (Å²) in [5.74, 6) is 0.591. The summed E-state index contributed by atoms with van der Waals surface area (Å²) >= 11 is 0. The second-order valence-corrected chi connectivity index (χ2v) is 7.04. The minimum absolute atomic E-state index is 0.0104. The molecule has 140 valence electrons. The second kappa shape index (κ2) is 7.78. The highest BCUT2D eigenvalue weighted by molar-refractivity contribution is 5.94. The summed E-state index contributed by atoms with van der Waals surface area (Å²) in [6.07, 6.45) is 7.89. The number of piperidine rings is 1. The molecular weight excluding hydrogens is 342 g/mol. The van der Waals surface area contributed by atoms with Crippen LogP contribution in [0.5, 0.6) is 5.75 Å². The maximum atomic E-state index is 12.8. The Labute approximate surface area is 158 Å². The highest BCUT2D eigenvalue weighted by atomic mass is 16.5. The molecule has 1 unspecified atom stereocenters. The van der Waals surface area contributed by atoms with Crippen LogP contribution in [0.2, 0.25) is 0 Å². The van der Waals surface area contributed by atoms with E-state index in [2.05, 4.69) is 10.3 Å². The minimum atomic E-state index is -0.0229. The van der Waals surface area contributed by atoms with Crippen LogP contribution in [-0.2, 0) is 16.0 Å². The molecule has 0 saturated carbocycles. The van der Waals surface area contributed by atoms with Crippen molar-refractivity contribution in [2.75, 3.05) is 18.5 Å². The Balaban J connectivity index is 1.42. The molecule has 3 heterocycles. The number of carbonyl (C=O) groups excluding carboxylic acids is 2. The quantitative estimate of drug-likeness (QED) is 0.904. The Morgan fingerprint density at radius 2 is 2.19 bits per heavy atom. The molecule has 6 heteroatoms. The van der Waals surface area contributed by atoms with Gasteiger partial charge in [0, 0.05) is 37.1 Å². The highest BCUT2D eigenvalue weighted by Gasteiger charge is 2.28. The number of fused-ring (bicyclic) bond motifs is 1. The molecule has 1 N–H and O–H groups in total. The summed E-state index contributed by atoms with van der Waals surface area (Å²) in [7, 11) is 0. The van der Waals surface area contributed by atoms with Crippen LogP contribution in [0.15, 0.2) is 42.7 Å². The van der Waals surface area contributed by atoms with E-state index in [1.807, 2.05) is 35.4 Å². The van der Waals surface area contributed by atoms with Gasteiger partial charge >= 0.3 is 0 Å². The molecule has 2 aliphatic rings. The first-order valence-corrected chi connectivity index (χ1v) is 9.46. The van der Waals surface area contributed by atoms with Crippen LogP contribution in [0.1, 0.15) is 42.9 Å². The largest absolute Gasteiger partial charge is 0.484 e. The van der Waals surface area contributed by atoms with Crippen molar-refractivity contribution in [2.45, 2.75) is 38.1 Å². The zero-order valence-corrected chi connectivity index (χ0v) is 15.2. The standard InChI is InChI=1S/C21H23N3O3/c25-20-9-7-15-6-8-17(12-18(15)23-20)27-14-21(26)24-11-2-1-5-19(24)16-4-3-10-22-13-16/h3-4,6,8,10,12-13,19H,1-2,5,7,9,11,14H2,(H,23,25). The SMILES string of the molecule is O=C1CCc2ccc(OCC(=O)N3CCCCC3c3cccnc3)cc2N1. The van der Waals surface area contributed by atoms with Crippen molar-refractivity contribution in [3.63, 3.8) is 0 Å². The predicted octanol–water partition coefficient (Wildman–Crippen LogP) is 3.10. The number of hydrogen-bond acceptors (Lipinski definition) is 4. The maximum Gasteiger partial charge on any atom is 0.261 e. The number of carbonyl (C=O) groups is 2. The number of aromatic nitrogens is 1. The number of aryl methyl sites for hydroxylation is 1. The fourth-order valence-corrected chi connectivity index (χ4v) is 3.82. The first-order valence-electron chi connectivity index (χ1n) is 9.46. The van der Waals surface area contributed by atoms with E-state index >= 15 is 0 Å². The van der Waals surface area contributed by atoms with Gasteiger partial charge in [0.25, 0.3) is 5.91 Å². The van der Waals surface area contributed by atoms with Crippen LogP contribution in [0, 0.1) is 0 Å². The number of pyridine rings is 1. The van der Waals surface area contributed by atoms with Crippen LogP contribution < -0.4 is 10.1 Å². The monoisotopic (exact) mass is 365 g/mol. The zero-order valence-electron chi connectivity index (χ0n) is 15.2. The molecule has 2 amide bonds. The Hall–Kier alpha value is -2.89. The summed E-state index contributed by atoms with van der Waals surface area (Å²) in [6, 6.07) is 9.60. The van der Waals surface area contributed by atoms with Crippen LogP contribution in [0.4, 0.5) is 5.69 Å². The van der Waals surface area contributed by atoms with Crippen LogP contribution in [0.25, 0.3) is 0 Å². The van der Waals surface area contributed by atoms with Crippen molar-refractivity contribution in [3.8, 4) is 5.75 Å². The molecule has 1 fully saturated rings. The first kappa shape index (κ1) is 17.5. The van der Waals surface area contributed by atoms with Gasteiger partial charge in [-0.3, -0.25) is 14.6 Å². The van der Waals surface area contributed by atoms with E-state index in [4.69, 9.17) is 4.74 Å². The van der Waals surface area contributed by atoms with Gasteiger partial charge in [0.05, 0.1) is 6.04 Å². The number of hydrogen-bond donors (Lipinski definition) is 1. The molecule has 1 aromatic carbocycles. The fourth-order valence-electron chi connectivity index (χ4n) is 3.82. The minimum Gasteiger partial charge on any atom is -0.484 e. The van der Waals surface area contributed by atoms with E-state index in [1.54, 1.807) is 12.3 Å². The Bertz CT molecular complexity index is 838. The van der Waals surface area contributed by atoms with Crippen LogP contribution >= 0.6 is 0 Å². The first-order chi connectivity index (χ1) is 13.2. The van der Waals surface area contributed by atoms with Crippen molar-refractivity contribution in [2.24, 2.45) is 0 Å². The van der Waals surface area contributed by atoms with Gasteiger partial charge in [-0.1, -0.05) is 12.1 Å². The molecule has 0 aliphatic carbocycles. The van der Waals surface area contributed by atoms with Gasteiger partial charge in [-0.25, -0.2) is 0 Å². The summed E-state index contributed by atoms with van der Waals surface area (Å²) in [4.78, 5) is 30.5. The Kier molecular flexibility index (Phi) is 5.05. The number of anilines is 1. The number of amides is 2. The molecule has 2 aromatic rings. The number of nitrogens with one attached hydrogen (secondary N) is 1. The molecule has 4 rings (SSSR count). The highest BCUT2D eigenvalue weighted by Crippen LogP contribution is 2.31. The Morgan fingerprint density at radius 1 is 1.26 bits per heavy atom. The summed E-state index contributed by atoms with van der Waals surface area (Å²) in [5.41, 5.74) is 2.95. The third-order valence-electron chi connectivity index (χ3n) is 5.23. The molecule has 2 aliphatic heterocycles. The summed E-state index contributed by atoms with van der Waals surface area (Å²) in [5, 5.41) is 2.86. The Morgan fingerprint density at radius 3 is 3.04 bits per heavy atom. The molecule has 6 nitrogen and oxygen atoms in total. The third-order valence-corrected chi connectivity index (χ3v) is 5.23. The van der Waals surface area contributed by atoms with Crippen molar-refractivity contribution in [1.29, 1.82) is 0 Å². The van der Waals surface area contributed by atoms with Gasteiger partial charge in [-0.2, -0.15) is 0 Å². The van der Waals surface area contributed by atoms with E-state index in [0.717, 1.165) is 49.0 Å².